The third kappa shape index (κ3) is 2.41. The molecule has 0 unspecified atom stereocenters. The molecule has 1 aromatic carbocycles. The molecule has 0 spiro atoms. The highest BCUT2D eigenvalue weighted by molar-refractivity contribution is 7.15. The van der Waals surface area contributed by atoms with E-state index in [1.807, 2.05) is 6.07 Å². The summed E-state index contributed by atoms with van der Waals surface area (Å²) < 4.78 is 0. The third-order valence-corrected chi connectivity index (χ3v) is 3.71. The zero-order valence-electron chi connectivity index (χ0n) is 10.4. The van der Waals surface area contributed by atoms with Crippen molar-refractivity contribution in [3.8, 4) is 6.07 Å². The van der Waals surface area contributed by atoms with Gasteiger partial charge >= 0.3 is 5.97 Å². The molecule has 0 aliphatic heterocycles. The van der Waals surface area contributed by atoms with Crippen LogP contribution in [0.4, 0.5) is 10.8 Å². The second-order valence-corrected chi connectivity index (χ2v) is 5.08. The monoisotopic (exact) mass is 273 g/mol. The highest BCUT2D eigenvalue weighted by Gasteiger charge is 2.18. The molecule has 0 radical (unpaired) electrons. The van der Waals surface area contributed by atoms with Crippen molar-refractivity contribution in [2.75, 3.05) is 11.9 Å². The van der Waals surface area contributed by atoms with Crippen LogP contribution in [-0.4, -0.2) is 23.1 Å². The average molecular weight is 273 g/mol. The summed E-state index contributed by atoms with van der Waals surface area (Å²) in [7, 11) is 1.76. The number of carboxylic acid groups (broad SMARTS) is 1. The lowest BCUT2D eigenvalue weighted by Crippen LogP contribution is -2.11. The minimum absolute atomic E-state index is 0.0567. The summed E-state index contributed by atoms with van der Waals surface area (Å²) in [6.07, 6.45) is 0. The summed E-state index contributed by atoms with van der Waals surface area (Å²) >= 11 is 1.29. The first-order valence-electron chi connectivity index (χ1n) is 5.48. The highest BCUT2D eigenvalue weighted by atomic mass is 32.1. The van der Waals surface area contributed by atoms with Gasteiger partial charge in [-0.2, -0.15) is 5.26 Å². The van der Waals surface area contributed by atoms with E-state index in [-0.39, 0.29) is 5.69 Å². The minimum atomic E-state index is -1.04. The molecule has 0 atom stereocenters. The van der Waals surface area contributed by atoms with Crippen molar-refractivity contribution in [1.29, 1.82) is 5.26 Å². The van der Waals surface area contributed by atoms with E-state index in [0.29, 0.717) is 21.3 Å². The van der Waals surface area contributed by atoms with E-state index in [1.54, 1.807) is 37.1 Å². The molecule has 6 heteroatoms. The van der Waals surface area contributed by atoms with E-state index in [4.69, 9.17) is 10.4 Å². The molecule has 0 aliphatic rings. The summed E-state index contributed by atoms with van der Waals surface area (Å²) in [6.45, 7) is 1.72. The van der Waals surface area contributed by atoms with Gasteiger partial charge in [0.1, 0.15) is 6.07 Å². The molecule has 1 heterocycles. The van der Waals surface area contributed by atoms with Crippen LogP contribution in [0.1, 0.15) is 20.9 Å². The Kier molecular flexibility index (Phi) is 3.49. The van der Waals surface area contributed by atoms with E-state index >= 15 is 0 Å². The predicted molar refractivity (Wildman–Crippen MR) is 73.0 cm³/mol. The fraction of sp³-hybridized carbons (Fsp3) is 0.154. The Labute approximate surface area is 114 Å². The van der Waals surface area contributed by atoms with Gasteiger partial charge in [0.2, 0.25) is 0 Å². The smallest absolute Gasteiger partial charge is 0.355 e. The first kappa shape index (κ1) is 13.1. The van der Waals surface area contributed by atoms with Gasteiger partial charge in [0.15, 0.2) is 10.8 Å². The van der Waals surface area contributed by atoms with E-state index in [1.165, 1.54) is 11.3 Å². The molecule has 96 valence electrons. The van der Waals surface area contributed by atoms with Crippen LogP contribution >= 0.6 is 11.3 Å². The van der Waals surface area contributed by atoms with Crippen LogP contribution in [0, 0.1) is 18.3 Å². The van der Waals surface area contributed by atoms with Gasteiger partial charge in [-0.25, -0.2) is 9.78 Å². The SMILES string of the molecule is Cc1sc(N(C)c2ccccc2C#N)nc1C(=O)O. The number of aromatic carboxylic acids is 1. The van der Waals surface area contributed by atoms with Crippen molar-refractivity contribution in [2.24, 2.45) is 0 Å². The van der Waals surface area contributed by atoms with Crippen LogP contribution < -0.4 is 4.90 Å². The summed E-state index contributed by atoms with van der Waals surface area (Å²) in [5.74, 6) is -1.04. The zero-order chi connectivity index (χ0) is 14.0. The zero-order valence-corrected chi connectivity index (χ0v) is 11.2. The molecule has 2 aromatic rings. The molecule has 2 rings (SSSR count). The Morgan fingerprint density at radius 1 is 1.47 bits per heavy atom. The van der Waals surface area contributed by atoms with Gasteiger partial charge in [0, 0.05) is 11.9 Å². The van der Waals surface area contributed by atoms with Crippen LogP contribution in [0.2, 0.25) is 0 Å². The average Bonchev–Trinajstić information content (AvgIpc) is 2.80. The van der Waals surface area contributed by atoms with Gasteiger partial charge in [-0.05, 0) is 19.1 Å². The number of aromatic nitrogens is 1. The fourth-order valence-electron chi connectivity index (χ4n) is 1.69. The van der Waals surface area contributed by atoms with Gasteiger partial charge in [-0.3, -0.25) is 0 Å². The second-order valence-electron chi connectivity index (χ2n) is 3.89. The van der Waals surface area contributed by atoms with Crippen molar-refractivity contribution in [3.63, 3.8) is 0 Å². The van der Waals surface area contributed by atoms with Gasteiger partial charge in [0.25, 0.3) is 0 Å². The molecule has 0 aliphatic carbocycles. The number of rotatable bonds is 3. The Hall–Kier alpha value is -2.39. The topological polar surface area (TPSA) is 77.2 Å². The van der Waals surface area contributed by atoms with E-state index in [0.717, 1.165) is 0 Å². The number of hydrogen-bond acceptors (Lipinski definition) is 5. The molecule has 0 amide bonds. The number of thiazole rings is 1. The Morgan fingerprint density at radius 3 is 2.74 bits per heavy atom. The number of nitriles is 1. The Morgan fingerprint density at radius 2 is 2.16 bits per heavy atom. The lowest BCUT2D eigenvalue weighted by molar-refractivity contribution is 0.0690. The second kappa shape index (κ2) is 5.08. The van der Waals surface area contributed by atoms with Crippen LogP contribution in [0.5, 0.6) is 0 Å². The van der Waals surface area contributed by atoms with Crippen LogP contribution in [-0.2, 0) is 0 Å². The van der Waals surface area contributed by atoms with Crippen molar-refractivity contribution < 1.29 is 9.90 Å². The van der Waals surface area contributed by atoms with Gasteiger partial charge < -0.3 is 10.0 Å². The Balaban J connectivity index is 2.45. The maximum atomic E-state index is 11.0. The molecule has 1 aromatic heterocycles. The number of anilines is 2. The summed E-state index contributed by atoms with van der Waals surface area (Å²) in [4.78, 5) is 17.5. The largest absolute Gasteiger partial charge is 0.476 e. The summed E-state index contributed by atoms with van der Waals surface area (Å²) in [6, 6.07) is 9.23. The number of benzene rings is 1. The number of para-hydroxylation sites is 1. The maximum absolute atomic E-state index is 11.0. The number of hydrogen-bond donors (Lipinski definition) is 1. The lowest BCUT2D eigenvalue weighted by Gasteiger charge is -2.16. The van der Waals surface area contributed by atoms with Crippen LogP contribution in [0.25, 0.3) is 0 Å². The number of aryl methyl sites for hydroxylation is 1. The Bertz CT molecular complexity index is 673. The minimum Gasteiger partial charge on any atom is -0.476 e. The standard InChI is InChI=1S/C13H11N3O2S/c1-8-11(12(17)18)15-13(19-8)16(2)10-6-4-3-5-9(10)7-14/h3-6H,1-2H3,(H,17,18). The molecule has 0 saturated carbocycles. The first-order valence-corrected chi connectivity index (χ1v) is 6.30. The van der Waals surface area contributed by atoms with Crippen molar-refractivity contribution in [3.05, 3.63) is 40.4 Å². The van der Waals surface area contributed by atoms with E-state index in [9.17, 15) is 4.79 Å². The number of carboxylic acids is 1. The van der Waals surface area contributed by atoms with Crippen molar-refractivity contribution in [2.45, 2.75) is 6.92 Å². The number of carbonyl (C=O) groups is 1. The number of nitrogens with zero attached hydrogens (tertiary/aromatic N) is 3. The predicted octanol–water partition coefficient (Wildman–Crippen LogP) is 2.79. The lowest BCUT2D eigenvalue weighted by atomic mass is 10.2. The van der Waals surface area contributed by atoms with Gasteiger partial charge in [-0.15, -0.1) is 11.3 Å². The normalized spacial score (nSPS) is 9.95. The third-order valence-electron chi connectivity index (χ3n) is 2.66. The molecular formula is C13H11N3O2S. The fourth-order valence-corrected chi connectivity index (χ4v) is 2.56. The molecule has 1 N–H and O–H groups in total. The van der Waals surface area contributed by atoms with Crippen molar-refractivity contribution >= 4 is 28.1 Å². The molecular weight excluding hydrogens is 262 g/mol. The van der Waals surface area contributed by atoms with E-state index < -0.39 is 5.97 Å². The first-order chi connectivity index (χ1) is 9.04. The maximum Gasteiger partial charge on any atom is 0.355 e. The highest BCUT2D eigenvalue weighted by Crippen LogP contribution is 2.31. The quantitative estimate of drug-likeness (QED) is 0.930. The van der Waals surface area contributed by atoms with Crippen molar-refractivity contribution in [1.82, 2.24) is 4.98 Å². The van der Waals surface area contributed by atoms with Gasteiger partial charge in [0.05, 0.1) is 11.3 Å². The molecule has 0 bridgehead atoms. The summed E-state index contributed by atoms with van der Waals surface area (Å²) in [5.41, 5.74) is 1.28. The van der Waals surface area contributed by atoms with Crippen LogP contribution in [0.3, 0.4) is 0 Å². The molecule has 5 nitrogen and oxygen atoms in total. The molecule has 19 heavy (non-hydrogen) atoms. The summed E-state index contributed by atoms with van der Waals surface area (Å²) in [5, 5.41) is 18.6. The van der Waals surface area contributed by atoms with Crippen LogP contribution in [0.15, 0.2) is 24.3 Å². The molecule has 0 fully saturated rings. The van der Waals surface area contributed by atoms with E-state index in [2.05, 4.69) is 11.1 Å². The van der Waals surface area contributed by atoms with Gasteiger partial charge in [-0.1, -0.05) is 12.1 Å². The molecule has 0 saturated heterocycles.